The molecule has 0 saturated carbocycles. The van der Waals surface area contributed by atoms with Crippen LogP contribution >= 0.6 is 7.60 Å². The van der Waals surface area contributed by atoms with E-state index in [1.54, 1.807) is 6.92 Å². The minimum absolute atomic E-state index is 0. The van der Waals surface area contributed by atoms with Gasteiger partial charge < -0.3 is 9.42 Å². The Morgan fingerprint density at radius 2 is 1.45 bits per heavy atom. The monoisotopic (exact) mass is 337 g/mol. The van der Waals surface area contributed by atoms with Crippen molar-refractivity contribution in [3.63, 3.8) is 0 Å². The van der Waals surface area contributed by atoms with Gasteiger partial charge in [-0.25, -0.2) is 0 Å². The van der Waals surface area contributed by atoms with Gasteiger partial charge in [-0.1, -0.05) is 53.7 Å². The van der Waals surface area contributed by atoms with Crippen molar-refractivity contribution in [1.82, 2.24) is 0 Å². The lowest BCUT2D eigenvalue weighted by Crippen LogP contribution is -2.31. The molecule has 1 rings (SSSR count). The van der Waals surface area contributed by atoms with E-state index in [1.807, 2.05) is 53.7 Å². The lowest BCUT2D eigenvalue weighted by atomic mass is 9.79. The number of rotatable bonds is 3. The van der Waals surface area contributed by atoms with Gasteiger partial charge in [0.15, 0.2) is 0 Å². The summed E-state index contributed by atoms with van der Waals surface area (Å²) in [6.07, 6.45) is 0. The van der Waals surface area contributed by atoms with Crippen LogP contribution in [-0.2, 0) is 19.9 Å². The van der Waals surface area contributed by atoms with Crippen molar-refractivity contribution in [2.45, 2.75) is 59.3 Å². The maximum Gasteiger partial charge on any atom is 0.359 e. The first-order valence-electron chi connectivity index (χ1n) is 7.29. The van der Waals surface area contributed by atoms with Crippen molar-refractivity contribution in [1.29, 1.82) is 0 Å². The molecule has 5 heteroatoms. The standard InChI is InChI=1S/C17H28O3P.Mg.2H/c1-9-20-21(18,19)15-13(16(3,4)5)10-12(2)11-14(15)17(6,7)8;;;/h10-11H,2,9H2,1,3-8H3,(H,18,19);;;. The van der Waals surface area contributed by atoms with Crippen LogP contribution in [0.4, 0.5) is 0 Å². The Labute approximate surface area is 151 Å². The van der Waals surface area contributed by atoms with Crippen LogP contribution in [0.1, 0.15) is 65.2 Å². The van der Waals surface area contributed by atoms with E-state index in [4.69, 9.17) is 4.52 Å². The van der Waals surface area contributed by atoms with Crippen molar-refractivity contribution >= 4 is 36.0 Å². The molecule has 0 saturated heterocycles. The van der Waals surface area contributed by atoms with Crippen molar-refractivity contribution < 1.29 is 14.0 Å². The third-order valence-corrected chi connectivity index (χ3v) is 5.03. The molecule has 0 amide bonds. The lowest BCUT2D eigenvalue weighted by Gasteiger charge is -2.32. The minimum Gasteiger partial charge on any atom is -0.321 e. The Hall–Kier alpha value is 0.136. The van der Waals surface area contributed by atoms with Crippen molar-refractivity contribution in [3.8, 4) is 0 Å². The highest BCUT2D eigenvalue weighted by atomic mass is 31.2. The van der Waals surface area contributed by atoms with Crippen LogP contribution in [0.2, 0.25) is 0 Å². The van der Waals surface area contributed by atoms with E-state index in [2.05, 4.69) is 6.92 Å². The topological polar surface area (TPSA) is 46.5 Å². The molecule has 1 N–H and O–H groups in total. The van der Waals surface area contributed by atoms with Gasteiger partial charge in [-0.05, 0) is 41.4 Å². The molecule has 0 aliphatic carbocycles. The maximum absolute atomic E-state index is 12.8. The molecule has 1 radical (unpaired) electrons. The quantitative estimate of drug-likeness (QED) is 0.679. The molecule has 0 aliphatic rings. The summed E-state index contributed by atoms with van der Waals surface area (Å²) in [6, 6.07) is 3.79. The van der Waals surface area contributed by atoms with Crippen LogP contribution in [0.3, 0.4) is 0 Å². The molecule has 1 unspecified atom stereocenters. The van der Waals surface area contributed by atoms with Gasteiger partial charge >= 0.3 is 30.6 Å². The average Bonchev–Trinajstić information content (AvgIpc) is 2.24. The predicted octanol–water partition coefficient (Wildman–Crippen LogP) is 3.39. The number of hydrogen-bond donors (Lipinski definition) is 1. The second-order valence-corrected chi connectivity index (χ2v) is 9.22. The minimum atomic E-state index is -3.86. The smallest absolute Gasteiger partial charge is 0.321 e. The molecule has 1 aromatic rings. The molecule has 0 spiro atoms. The zero-order valence-electron chi connectivity index (χ0n) is 14.3. The highest BCUT2D eigenvalue weighted by Crippen LogP contribution is 2.47. The Balaban J connectivity index is 0.00000441. The van der Waals surface area contributed by atoms with Gasteiger partial charge in [0.2, 0.25) is 0 Å². The molecule has 0 bridgehead atoms. The summed E-state index contributed by atoms with van der Waals surface area (Å²) < 4.78 is 18.0. The van der Waals surface area contributed by atoms with E-state index in [9.17, 15) is 9.46 Å². The van der Waals surface area contributed by atoms with Gasteiger partial charge in [-0.15, -0.1) is 0 Å². The SMILES string of the molecule is [CH2]c1cc(C(C)(C)C)c(P(=O)(O)OCC)c(C(C)(C)C)c1.[MgH2]. The van der Waals surface area contributed by atoms with Gasteiger partial charge in [0, 0.05) is 0 Å². The van der Waals surface area contributed by atoms with Crippen LogP contribution in [0, 0.1) is 6.92 Å². The van der Waals surface area contributed by atoms with Gasteiger partial charge in [0.1, 0.15) is 0 Å². The second kappa shape index (κ2) is 7.35. The Morgan fingerprint density at radius 3 is 1.73 bits per heavy atom. The van der Waals surface area contributed by atoms with Gasteiger partial charge in [-0.2, -0.15) is 0 Å². The molecule has 22 heavy (non-hydrogen) atoms. The highest BCUT2D eigenvalue weighted by molar-refractivity contribution is 7.61. The molecule has 0 fully saturated rings. The highest BCUT2D eigenvalue weighted by Gasteiger charge is 2.36. The summed E-state index contributed by atoms with van der Waals surface area (Å²) in [6.45, 7) is 18.1. The summed E-state index contributed by atoms with van der Waals surface area (Å²) in [5, 5.41) is 0.441. The van der Waals surface area contributed by atoms with E-state index in [0.29, 0.717) is 5.30 Å². The lowest BCUT2D eigenvalue weighted by molar-refractivity contribution is 0.283. The molecule has 0 aromatic heterocycles. The van der Waals surface area contributed by atoms with Crippen LogP contribution in [0.5, 0.6) is 0 Å². The van der Waals surface area contributed by atoms with Crippen molar-refractivity contribution in [2.24, 2.45) is 0 Å². The fourth-order valence-corrected chi connectivity index (χ4v) is 4.27. The summed E-state index contributed by atoms with van der Waals surface area (Å²) in [5.74, 6) is 0. The average molecular weight is 338 g/mol. The summed E-state index contributed by atoms with van der Waals surface area (Å²) in [5.41, 5.74) is 1.99. The number of hydrogen-bond acceptors (Lipinski definition) is 2. The van der Waals surface area contributed by atoms with E-state index < -0.39 is 7.60 Å². The summed E-state index contributed by atoms with van der Waals surface area (Å²) >= 11 is 0. The van der Waals surface area contributed by atoms with Crippen molar-refractivity contribution in [2.75, 3.05) is 6.61 Å². The Bertz CT molecular complexity index is 533. The van der Waals surface area contributed by atoms with Gasteiger partial charge in [-0.3, -0.25) is 4.57 Å². The van der Waals surface area contributed by atoms with E-state index in [1.165, 1.54) is 0 Å². The van der Waals surface area contributed by atoms with Gasteiger partial charge in [0.25, 0.3) is 0 Å². The van der Waals surface area contributed by atoms with E-state index in [-0.39, 0.29) is 40.5 Å². The number of benzene rings is 1. The van der Waals surface area contributed by atoms with Crippen LogP contribution < -0.4 is 5.30 Å². The predicted molar refractivity (Wildman–Crippen MR) is 97.9 cm³/mol. The van der Waals surface area contributed by atoms with Crippen LogP contribution in [-0.4, -0.2) is 34.6 Å². The molecular weight excluding hydrogens is 307 g/mol. The van der Waals surface area contributed by atoms with Crippen LogP contribution in [0.15, 0.2) is 12.1 Å². The normalized spacial score (nSPS) is 15.1. The molecule has 3 nitrogen and oxygen atoms in total. The van der Waals surface area contributed by atoms with Crippen LogP contribution in [0.25, 0.3) is 0 Å². The first kappa shape index (κ1) is 22.1. The third-order valence-electron chi connectivity index (χ3n) is 3.37. The molecule has 123 valence electrons. The van der Waals surface area contributed by atoms with Crippen molar-refractivity contribution in [3.05, 3.63) is 35.7 Å². The zero-order valence-corrected chi connectivity index (χ0v) is 15.2. The molecular formula is C17H30MgO3P. The third kappa shape index (κ3) is 5.07. The first-order valence-corrected chi connectivity index (χ1v) is 8.87. The largest absolute Gasteiger partial charge is 0.359 e. The maximum atomic E-state index is 12.8. The zero-order chi connectivity index (χ0) is 16.6. The molecule has 0 heterocycles. The fraction of sp³-hybridized carbons (Fsp3) is 0.588. The van der Waals surface area contributed by atoms with E-state index in [0.717, 1.165) is 16.7 Å². The summed E-state index contributed by atoms with van der Waals surface area (Å²) in [4.78, 5) is 10.5. The Kier molecular flexibility index (Phi) is 7.40. The first-order chi connectivity index (χ1) is 9.30. The molecule has 0 aliphatic heterocycles. The second-order valence-electron chi connectivity index (χ2n) is 7.48. The summed E-state index contributed by atoms with van der Waals surface area (Å²) in [7, 11) is -3.86. The van der Waals surface area contributed by atoms with Gasteiger partial charge in [0.05, 0.1) is 11.9 Å². The Morgan fingerprint density at radius 1 is 1.09 bits per heavy atom. The molecule has 1 atom stereocenters. The van der Waals surface area contributed by atoms with E-state index >= 15 is 0 Å². The molecule has 1 aromatic carbocycles. The fourth-order valence-electron chi connectivity index (χ4n) is 2.38.